The van der Waals surface area contributed by atoms with E-state index in [1.165, 1.54) is 0 Å². The van der Waals surface area contributed by atoms with Crippen molar-refractivity contribution in [3.8, 4) is 5.75 Å². The molecule has 5 rings (SSSR count). The van der Waals surface area contributed by atoms with E-state index < -0.39 is 0 Å². The molecule has 2 amide bonds. The first-order valence-corrected chi connectivity index (χ1v) is 11.7. The zero-order chi connectivity index (χ0) is 23.3. The van der Waals surface area contributed by atoms with Gasteiger partial charge in [0.2, 0.25) is 0 Å². The zero-order valence-corrected chi connectivity index (χ0v) is 18.9. The van der Waals surface area contributed by atoms with E-state index in [-0.39, 0.29) is 30.4 Å². The van der Waals surface area contributed by atoms with E-state index in [2.05, 4.69) is 4.98 Å². The standard InChI is InChI=1S/C25H32N4O4/c26-22-9-5-7-20(27-22)24(32)28-13-4-3-10-25(18-30)11-14-29(15-12-25)23(31)19-6-1-2-8-21(19)33-17-16-28/h1-2,5-9,30H,3-4,10-18H2,(H2,26,27). The Morgan fingerprint density at radius 2 is 1.82 bits per heavy atom. The van der Waals surface area contributed by atoms with Gasteiger partial charge in [0, 0.05) is 26.2 Å². The second kappa shape index (κ2) is 10.2. The summed E-state index contributed by atoms with van der Waals surface area (Å²) in [7, 11) is 0. The number of rotatable bonds is 2. The Kier molecular flexibility index (Phi) is 7.13. The van der Waals surface area contributed by atoms with Crippen LogP contribution in [0.4, 0.5) is 5.82 Å². The van der Waals surface area contributed by atoms with Gasteiger partial charge in [-0.05, 0) is 55.4 Å². The Balaban J connectivity index is 1.57. The fourth-order valence-corrected chi connectivity index (χ4v) is 4.73. The minimum Gasteiger partial charge on any atom is -0.491 e. The molecule has 33 heavy (non-hydrogen) atoms. The predicted molar refractivity (Wildman–Crippen MR) is 125 cm³/mol. The lowest BCUT2D eigenvalue weighted by molar-refractivity contribution is 0.0297. The monoisotopic (exact) mass is 452 g/mol. The third-order valence-corrected chi connectivity index (χ3v) is 6.85. The molecule has 1 aromatic carbocycles. The number of nitrogens with two attached hydrogens (primary N) is 1. The molecule has 0 spiro atoms. The molecular formula is C25H32N4O4. The van der Waals surface area contributed by atoms with Crippen molar-refractivity contribution >= 4 is 17.6 Å². The van der Waals surface area contributed by atoms with Crippen molar-refractivity contribution in [2.24, 2.45) is 5.41 Å². The molecule has 3 aliphatic rings. The van der Waals surface area contributed by atoms with E-state index in [1.54, 1.807) is 35.2 Å². The summed E-state index contributed by atoms with van der Waals surface area (Å²) < 4.78 is 5.99. The summed E-state index contributed by atoms with van der Waals surface area (Å²) in [6, 6.07) is 12.3. The Bertz CT molecular complexity index is 988. The number of anilines is 1. The number of carbonyl (C=O) groups excluding carboxylic acids is 2. The number of hydrogen-bond donors (Lipinski definition) is 2. The molecule has 0 saturated carbocycles. The molecule has 176 valence electrons. The van der Waals surface area contributed by atoms with Gasteiger partial charge in [-0.25, -0.2) is 4.98 Å². The normalized spacial score (nSPS) is 19.2. The highest BCUT2D eigenvalue weighted by Gasteiger charge is 2.36. The fourth-order valence-electron chi connectivity index (χ4n) is 4.73. The first-order chi connectivity index (χ1) is 16.0. The van der Waals surface area contributed by atoms with Crippen LogP contribution in [0.3, 0.4) is 0 Å². The summed E-state index contributed by atoms with van der Waals surface area (Å²) in [4.78, 5) is 34.1. The van der Waals surface area contributed by atoms with Gasteiger partial charge >= 0.3 is 0 Å². The summed E-state index contributed by atoms with van der Waals surface area (Å²) in [5.41, 5.74) is 6.44. The predicted octanol–water partition coefficient (Wildman–Crippen LogP) is 2.58. The number of aromatic nitrogens is 1. The van der Waals surface area contributed by atoms with Crippen LogP contribution >= 0.6 is 0 Å². The second-order valence-electron chi connectivity index (χ2n) is 8.99. The molecular weight excluding hydrogens is 420 g/mol. The molecule has 3 aliphatic heterocycles. The number of fused-ring (bicyclic) bond motifs is 9. The number of nitrogens with zero attached hydrogens (tertiary/aromatic N) is 3. The second-order valence-corrected chi connectivity index (χ2v) is 8.99. The summed E-state index contributed by atoms with van der Waals surface area (Å²) in [5, 5.41) is 10.1. The summed E-state index contributed by atoms with van der Waals surface area (Å²) in [6.45, 7) is 2.56. The van der Waals surface area contributed by atoms with Gasteiger partial charge in [-0.3, -0.25) is 9.59 Å². The number of pyridine rings is 1. The van der Waals surface area contributed by atoms with Crippen LogP contribution in [0.2, 0.25) is 0 Å². The summed E-state index contributed by atoms with van der Waals surface area (Å²) in [6.07, 6.45) is 4.12. The lowest BCUT2D eigenvalue weighted by Gasteiger charge is -2.41. The van der Waals surface area contributed by atoms with Gasteiger partial charge < -0.3 is 25.4 Å². The molecule has 8 heteroatoms. The maximum absolute atomic E-state index is 13.2. The number of piperidine rings is 1. The minimum absolute atomic E-state index is 0.0519. The number of hydrogen-bond acceptors (Lipinski definition) is 6. The average molecular weight is 453 g/mol. The van der Waals surface area contributed by atoms with Gasteiger partial charge in [0.25, 0.3) is 11.8 Å². The quantitative estimate of drug-likeness (QED) is 0.725. The van der Waals surface area contributed by atoms with Crippen molar-refractivity contribution in [2.75, 3.05) is 45.1 Å². The van der Waals surface area contributed by atoms with Gasteiger partial charge in [-0.1, -0.05) is 24.6 Å². The molecule has 0 radical (unpaired) electrons. The van der Waals surface area contributed by atoms with E-state index in [1.807, 2.05) is 17.0 Å². The Hall–Kier alpha value is -3.13. The first kappa shape index (κ1) is 23.0. The maximum Gasteiger partial charge on any atom is 0.272 e. The van der Waals surface area contributed by atoms with E-state index >= 15 is 0 Å². The molecule has 1 fully saturated rings. The van der Waals surface area contributed by atoms with Gasteiger partial charge in [0.05, 0.1) is 12.1 Å². The highest BCUT2D eigenvalue weighted by atomic mass is 16.5. The van der Waals surface area contributed by atoms with Crippen LogP contribution in [-0.4, -0.2) is 71.1 Å². The summed E-state index contributed by atoms with van der Waals surface area (Å²) >= 11 is 0. The zero-order valence-electron chi connectivity index (χ0n) is 18.9. The molecule has 1 aromatic heterocycles. The van der Waals surface area contributed by atoms with Crippen molar-refractivity contribution in [2.45, 2.75) is 32.1 Å². The molecule has 0 atom stereocenters. The highest BCUT2D eigenvalue weighted by Crippen LogP contribution is 2.37. The third-order valence-electron chi connectivity index (χ3n) is 6.85. The molecule has 0 unspecified atom stereocenters. The van der Waals surface area contributed by atoms with E-state index in [9.17, 15) is 14.7 Å². The van der Waals surface area contributed by atoms with Crippen molar-refractivity contribution in [3.05, 3.63) is 53.7 Å². The Morgan fingerprint density at radius 1 is 1.03 bits per heavy atom. The van der Waals surface area contributed by atoms with E-state index in [0.29, 0.717) is 49.0 Å². The molecule has 2 aromatic rings. The van der Waals surface area contributed by atoms with E-state index in [4.69, 9.17) is 10.5 Å². The van der Waals surface area contributed by atoms with Crippen LogP contribution in [0.25, 0.3) is 0 Å². The van der Waals surface area contributed by atoms with Crippen LogP contribution in [0.5, 0.6) is 5.75 Å². The Labute approximate surface area is 194 Å². The van der Waals surface area contributed by atoms with Gasteiger partial charge in [-0.15, -0.1) is 0 Å². The summed E-state index contributed by atoms with van der Waals surface area (Å²) in [5.74, 6) is 0.580. The number of para-hydroxylation sites is 1. The van der Waals surface area contributed by atoms with Crippen molar-refractivity contribution in [3.63, 3.8) is 0 Å². The molecule has 0 aliphatic carbocycles. The molecule has 1 saturated heterocycles. The van der Waals surface area contributed by atoms with Crippen LogP contribution in [0.1, 0.15) is 53.0 Å². The lowest BCUT2D eigenvalue weighted by Crippen LogP contribution is -2.44. The number of aliphatic hydroxyl groups excluding tert-OH is 1. The molecule has 3 N–H and O–H groups in total. The van der Waals surface area contributed by atoms with E-state index in [0.717, 1.165) is 32.1 Å². The highest BCUT2D eigenvalue weighted by molar-refractivity contribution is 5.97. The fraction of sp³-hybridized carbons (Fsp3) is 0.480. The number of carbonyl (C=O) groups is 2. The van der Waals surface area contributed by atoms with Crippen LogP contribution in [0.15, 0.2) is 42.5 Å². The van der Waals surface area contributed by atoms with Crippen molar-refractivity contribution in [1.29, 1.82) is 0 Å². The van der Waals surface area contributed by atoms with Gasteiger partial charge in [0.15, 0.2) is 0 Å². The number of nitrogen functional groups attached to an aromatic ring is 1. The van der Waals surface area contributed by atoms with Crippen molar-refractivity contribution < 1.29 is 19.4 Å². The largest absolute Gasteiger partial charge is 0.491 e. The lowest BCUT2D eigenvalue weighted by atomic mass is 9.75. The molecule has 8 nitrogen and oxygen atoms in total. The molecule has 4 heterocycles. The van der Waals surface area contributed by atoms with Gasteiger partial charge in [0.1, 0.15) is 23.9 Å². The number of benzene rings is 1. The van der Waals surface area contributed by atoms with Crippen LogP contribution < -0.4 is 10.5 Å². The average Bonchev–Trinajstić information content (AvgIpc) is 2.85. The van der Waals surface area contributed by atoms with Gasteiger partial charge in [-0.2, -0.15) is 0 Å². The minimum atomic E-state index is -0.191. The molecule has 2 bridgehead atoms. The number of aliphatic hydroxyl groups is 1. The number of amides is 2. The van der Waals surface area contributed by atoms with Crippen LogP contribution in [-0.2, 0) is 0 Å². The SMILES string of the molecule is Nc1cccc(C(=O)N2CCCCC3(CO)CCN(CC3)C(=O)c3ccccc3OCC2)n1. The Morgan fingerprint density at radius 3 is 2.58 bits per heavy atom. The van der Waals surface area contributed by atoms with Crippen LogP contribution in [0, 0.1) is 5.41 Å². The first-order valence-electron chi connectivity index (χ1n) is 11.7. The van der Waals surface area contributed by atoms with Crippen molar-refractivity contribution in [1.82, 2.24) is 14.8 Å². The topological polar surface area (TPSA) is 109 Å². The third kappa shape index (κ3) is 5.27. The maximum atomic E-state index is 13.2. The smallest absolute Gasteiger partial charge is 0.272 e. The number of ether oxygens (including phenoxy) is 1.